The van der Waals surface area contributed by atoms with Crippen molar-refractivity contribution >= 4 is 11.3 Å². The number of nitrogens with zero attached hydrogens (tertiary/aromatic N) is 1. The van der Waals surface area contributed by atoms with E-state index >= 15 is 0 Å². The van der Waals surface area contributed by atoms with Crippen molar-refractivity contribution < 1.29 is 4.74 Å². The van der Waals surface area contributed by atoms with E-state index in [0.29, 0.717) is 5.92 Å². The van der Waals surface area contributed by atoms with Crippen molar-refractivity contribution in [2.45, 2.75) is 24.7 Å². The lowest BCUT2D eigenvalue weighted by Crippen LogP contribution is -2.02. The van der Waals surface area contributed by atoms with Gasteiger partial charge in [0.05, 0.1) is 11.6 Å². The molecule has 1 atom stereocenters. The molecule has 0 radical (unpaired) electrons. The maximum absolute atomic E-state index is 5.72. The molecule has 1 saturated carbocycles. The SMILES string of the molecule is c1ccc2c(c1)OCC2c1nc(C2CC2)cs1. The molecule has 1 unspecified atom stereocenters. The molecule has 2 nitrogen and oxygen atoms in total. The van der Waals surface area contributed by atoms with Crippen molar-refractivity contribution in [2.75, 3.05) is 6.61 Å². The minimum Gasteiger partial charge on any atom is -0.492 e. The molecular formula is C14H13NOS. The highest BCUT2D eigenvalue weighted by molar-refractivity contribution is 7.09. The van der Waals surface area contributed by atoms with Gasteiger partial charge in [-0.25, -0.2) is 4.98 Å². The van der Waals surface area contributed by atoms with Crippen LogP contribution in [0.1, 0.15) is 40.9 Å². The van der Waals surface area contributed by atoms with Crippen LogP contribution in [-0.2, 0) is 0 Å². The van der Waals surface area contributed by atoms with Crippen LogP contribution < -0.4 is 4.74 Å². The molecule has 2 aromatic rings. The van der Waals surface area contributed by atoms with Gasteiger partial charge in [-0.2, -0.15) is 0 Å². The number of aromatic nitrogens is 1. The van der Waals surface area contributed by atoms with Gasteiger partial charge >= 0.3 is 0 Å². The fourth-order valence-corrected chi connectivity index (χ4v) is 3.40. The van der Waals surface area contributed by atoms with Crippen molar-refractivity contribution in [1.82, 2.24) is 4.98 Å². The van der Waals surface area contributed by atoms with E-state index in [0.717, 1.165) is 18.3 Å². The van der Waals surface area contributed by atoms with Gasteiger partial charge in [0, 0.05) is 16.9 Å². The van der Waals surface area contributed by atoms with E-state index in [1.165, 1.54) is 29.1 Å². The number of ether oxygens (including phenoxy) is 1. The van der Waals surface area contributed by atoms with Crippen LogP contribution in [0.25, 0.3) is 0 Å². The molecule has 2 aliphatic rings. The molecule has 0 spiro atoms. The van der Waals surface area contributed by atoms with Crippen molar-refractivity contribution in [3.8, 4) is 5.75 Å². The van der Waals surface area contributed by atoms with E-state index in [1.54, 1.807) is 11.3 Å². The Bertz CT molecular complexity index is 559. The van der Waals surface area contributed by atoms with E-state index in [1.807, 2.05) is 12.1 Å². The molecule has 4 rings (SSSR count). The summed E-state index contributed by atoms with van der Waals surface area (Å²) in [6.45, 7) is 0.747. The van der Waals surface area contributed by atoms with Crippen LogP contribution in [0.5, 0.6) is 5.75 Å². The molecule has 1 aliphatic carbocycles. The molecule has 0 amide bonds. The van der Waals surface area contributed by atoms with E-state index in [9.17, 15) is 0 Å². The lowest BCUT2D eigenvalue weighted by Gasteiger charge is -2.03. The molecule has 1 aromatic carbocycles. The fraction of sp³-hybridized carbons (Fsp3) is 0.357. The van der Waals surface area contributed by atoms with Crippen molar-refractivity contribution in [2.24, 2.45) is 0 Å². The zero-order valence-corrected chi connectivity index (χ0v) is 10.2. The monoisotopic (exact) mass is 243 g/mol. The van der Waals surface area contributed by atoms with Gasteiger partial charge in [-0.15, -0.1) is 11.3 Å². The first-order valence-electron chi connectivity index (χ1n) is 6.09. The van der Waals surface area contributed by atoms with E-state index in [4.69, 9.17) is 9.72 Å². The molecule has 1 fully saturated rings. The summed E-state index contributed by atoms with van der Waals surface area (Å²) in [5.41, 5.74) is 2.60. The second kappa shape index (κ2) is 3.57. The average Bonchev–Trinajstić information content (AvgIpc) is 2.95. The summed E-state index contributed by atoms with van der Waals surface area (Å²) in [4.78, 5) is 4.79. The number of para-hydroxylation sites is 1. The van der Waals surface area contributed by atoms with Gasteiger partial charge in [0.1, 0.15) is 17.4 Å². The summed E-state index contributed by atoms with van der Waals surface area (Å²) in [5, 5.41) is 3.45. The van der Waals surface area contributed by atoms with Crippen LogP contribution in [0, 0.1) is 0 Å². The van der Waals surface area contributed by atoms with Gasteiger partial charge in [0.15, 0.2) is 0 Å². The minimum absolute atomic E-state index is 0.351. The van der Waals surface area contributed by atoms with Gasteiger partial charge in [0.25, 0.3) is 0 Å². The Morgan fingerprint density at radius 1 is 1.24 bits per heavy atom. The Balaban J connectivity index is 1.70. The third-order valence-corrected chi connectivity index (χ3v) is 4.51. The summed E-state index contributed by atoms with van der Waals surface area (Å²) in [7, 11) is 0. The van der Waals surface area contributed by atoms with Gasteiger partial charge in [0.2, 0.25) is 0 Å². The number of hydrogen-bond donors (Lipinski definition) is 0. The molecular weight excluding hydrogens is 230 g/mol. The van der Waals surface area contributed by atoms with Gasteiger partial charge in [-0.05, 0) is 18.9 Å². The molecule has 0 bridgehead atoms. The predicted octanol–water partition coefficient (Wildman–Crippen LogP) is 3.54. The van der Waals surface area contributed by atoms with Crippen LogP contribution in [-0.4, -0.2) is 11.6 Å². The molecule has 0 N–H and O–H groups in total. The summed E-state index contributed by atoms with van der Waals surface area (Å²) in [6.07, 6.45) is 2.64. The van der Waals surface area contributed by atoms with E-state index < -0.39 is 0 Å². The number of hydrogen-bond acceptors (Lipinski definition) is 3. The van der Waals surface area contributed by atoms with E-state index in [-0.39, 0.29) is 0 Å². The topological polar surface area (TPSA) is 22.1 Å². The van der Waals surface area contributed by atoms with Crippen molar-refractivity contribution in [1.29, 1.82) is 0 Å². The first-order valence-corrected chi connectivity index (χ1v) is 6.97. The zero-order chi connectivity index (χ0) is 11.2. The normalized spacial score (nSPS) is 22.2. The Kier molecular flexibility index (Phi) is 2.03. The largest absolute Gasteiger partial charge is 0.492 e. The van der Waals surface area contributed by atoms with Gasteiger partial charge < -0.3 is 4.74 Å². The van der Waals surface area contributed by atoms with Crippen molar-refractivity contribution in [3.05, 3.63) is 45.9 Å². The fourth-order valence-electron chi connectivity index (χ4n) is 2.39. The summed E-state index contributed by atoms with van der Waals surface area (Å²) >= 11 is 1.79. The molecule has 86 valence electrons. The molecule has 2 heterocycles. The van der Waals surface area contributed by atoms with Gasteiger partial charge in [-0.3, -0.25) is 0 Å². The third-order valence-electron chi connectivity index (χ3n) is 3.53. The maximum Gasteiger partial charge on any atom is 0.123 e. The summed E-state index contributed by atoms with van der Waals surface area (Å²) < 4.78 is 5.72. The highest BCUT2D eigenvalue weighted by Crippen LogP contribution is 2.43. The average molecular weight is 243 g/mol. The standard InChI is InChI=1S/C14H13NOS/c1-2-4-13-10(3-1)11(7-16-13)14-15-12(8-17-14)9-5-6-9/h1-4,8-9,11H,5-7H2. The first kappa shape index (κ1) is 9.66. The smallest absolute Gasteiger partial charge is 0.123 e. The third kappa shape index (κ3) is 1.57. The van der Waals surface area contributed by atoms with Crippen LogP contribution >= 0.6 is 11.3 Å². The molecule has 17 heavy (non-hydrogen) atoms. The predicted molar refractivity (Wildman–Crippen MR) is 67.9 cm³/mol. The van der Waals surface area contributed by atoms with E-state index in [2.05, 4.69) is 17.5 Å². The Morgan fingerprint density at radius 2 is 2.12 bits per heavy atom. The maximum atomic E-state index is 5.72. The highest BCUT2D eigenvalue weighted by Gasteiger charge is 2.31. The van der Waals surface area contributed by atoms with Crippen LogP contribution in [0.2, 0.25) is 0 Å². The van der Waals surface area contributed by atoms with Crippen LogP contribution in [0.15, 0.2) is 29.6 Å². The van der Waals surface area contributed by atoms with Gasteiger partial charge in [-0.1, -0.05) is 18.2 Å². The Hall–Kier alpha value is -1.35. The molecule has 0 saturated heterocycles. The number of fused-ring (bicyclic) bond motifs is 1. The number of rotatable bonds is 2. The number of thiazole rings is 1. The lowest BCUT2D eigenvalue weighted by molar-refractivity contribution is 0.343. The lowest BCUT2D eigenvalue weighted by atomic mass is 10.0. The zero-order valence-electron chi connectivity index (χ0n) is 9.43. The molecule has 3 heteroatoms. The molecule has 1 aromatic heterocycles. The number of benzene rings is 1. The summed E-state index contributed by atoms with van der Waals surface area (Å²) in [6, 6.07) is 8.31. The Morgan fingerprint density at radius 3 is 3.00 bits per heavy atom. The second-order valence-electron chi connectivity index (χ2n) is 4.79. The second-order valence-corrected chi connectivity index (χ2v) is 5.68. The van der Waals surface area contributed by atoms with Crippen LogP contribution in [0.4, 0.5) is 0 Å². The summed E-state index contributed by atoms with van der Waals surface area (Å²) in [5.74, 6) is 2.13. The van der Waals surface area contributed by atoms with Crippen molar-refractivity contribution in [3.63, 3.8) is 0 Å². The molecule has 1 aliphatic heterocycles. The minimum atomic E-state index is 0.351. The highest BCUT2D eigenvalue weighted by atomic mass is 32.1. The quantitative estimate of drug-likeness (QED) is 0.804. The van der Waals surface area contributed by atoms with Crippen LogP contribution in [0.3, 0.4) is 0 Å². The first-order chi connectivity index (χ1) is 8.42. The Labute approximate surface area is 104 Å².